The van der Waals surface area contributed by atoms with Gasteiger partial charge in [0.25, 0.3) is 5.91 Å². The number of rotatable bonds is 6. The van der Waals surface area contributed by atoms with E-state index in [4.69, 9.17) is 0 Å². The highest BCUT2D eigenvalue weighted by Crippen LogP contribution is 2.18. The van der Waals surface area contributed by atoms with Crippen molar-refractivity contribution in [2.24, 2.45) is 5.92 Å². The number of aryl methyl sites for hydroxylation is 1. The van der Waals surface area contributed by atoms with E-state index in [0.717, 1.165) is 30.5 Å². The maximum Gasteiger partial charge on any atom is 0.251 e. The van der Waals surface area contributed by atoms with Gasteiger partial charge in [0, 0.05) is 12.1 Å². The highest BCUT2D eigenvalue weighted by atomic mass is 16.1. The predicted octanol–water partition coefficient (Wildman–Crippen LogP) is 4.28. The van der Waals surface area contributed by atoms with Gasteiger partial charge in [0.15, 0.2) is 0 Å². The van der Waals surface area contributed by atoms with Gasteiger partial charge in [-0.05, 0) is 48.8 Å². The van der Waals surface area contributed by atoms with E-state index in [-0.39, 0.29) is 5.91 Å². The van der Waals surface area contributed by atoms with E-state index in [1.54, 1.807) is 0 Å². The molecule has 1 N–H and O–H groups in total. The van der Waals surface area contributed by atoms with Gasteiger partial charge < -0.3 is 5.32 Å². The first-order chi connectivity index (χ1) is 8.91. The van der Waals surface area contributed by atoms with Crippen molar-refractivity contribution < 1.29 is 4.79 Å². The fourth-order valence-corrected chi connectivity index (χ4v) is 2.11. The third-order valence-electron chi connectivity index (χ3n) is 3.41. The third-order valence-corrected chi connectivity index (χ3v) is 3.41. The van der Waals surface area contributed by atoms with Crippen molar-refractivity contribution in [2.45, 2.75) is 53.4 Å². The normalized spacial score (nSPS) is 11.1. The Hall–Kier alpha value is -1.31. The Labute approximate surface area is 117 Å². The number of hydrogen-bond acceptors (Lipinski definition) is 1. The zero-order chi connectivity index (χ0) is 14.4. The van der Waals surface area contributed by atoms with E-state index in [1.165, 1.54) is 5.56 Å². The van der Waals surface area contributed by atoms with E-state index >= 15 is 0 Å². The van der Waals surface area contributed by atoms with Gasteiger partial charge >= 0.3 is 0 Å². The first-order valence-electron chi connectivity index (χ1n) is 7.30. The second-order valence-corrected chi connectivity index (χ2v) is 6.02. The smallest absolute Gasteiger partial charge is 0.251 e. The van der Waals surface area contributed by atoms with Crippen molar-refractivity contribution >= 4 is 5.91 Å². The minimum absolute atomic E-state index is 0.0524. The monoisotopic (exact) mass is 261 g/mol. The highest BCUT2D eigenvalue weighted by Gasteiger charge is 2.10. The number of nitrogens with one attached hydrogen (secondary N) is 1. The molecule has 19 heavy (non-hydrogen) atoms. The fourth-order valence-electron chi connectivity index (χ4n) is 2.11. The van der Waals surface area contributed by atoms with Crippen LogP contribution in [0.1, 0.15) is 67.9 Å². The summed E-state index contributed by atoms with van der Waals surface area (Å²) in [5.74, 6) is 1.25. The molecule has 1 aromatic rings. The molecule has 0 unspecified atom stereocenters. The molecule has 2 heteroatoms. The van der Waals surface area contributed by atoms with Gasteiger partial charge in [-0.1, -0.05) is 39.8 Å². The summed E-state index contributed by atoms with van der Waals surface area (Å²) in [6, 6.07) is 6.12. The van der Waals surface area contributed by atoms with Gasteiger partial charge in [0.05, 0.1) is 0 Å². The first-order valence-corrected chi connectivity index (χ1v) is 7.30. The summed E-state index contributed by atoms with van der Waals surface area (Å²) >= 11 is 0. The molecule has 0 radical (unpaired) electrons. The zero-order valence-corrected chi connectivity index (χ0v) is 12.9. The summed E-state index contributed by atoms with van der Waals surface area (Å²) in [6.45, 7) is 11.5. The van der Waals surface area contributed by atoms with E-state index in [9.17, 15) is 4.79 Å². The molecule has 0 bridgehead atoms. The second-order valence-electron chi connectivity index (χ2n) is 6.02. The van der Waals surface area contributed by atoms with E-state index in [0.29, 0.717) is 11.8 Å². The van der Waals surface area contributed by atoms with Gasteiger partial charge in [0.1, 0.15) is 0 Å². The Bertz CT molecular complexity index is 421. The van der Waals surface area contributed by atoms with E-state index < -0.39 is 0 Å². The van der Waals surface area contributed by atoms with E-state index in [1.807, 2.05) is 13.0 Å². The molecule has 0 aliphatic heterocycles. The Morgan fingerprint density at radius 2 is 1.89 bits per heavy atom. The molecule has 0 fully saturated rings. The van der Waals surface area contributed by atoms with Crippen LogP contribution in [0.2, 0.25) is 0 Å². The maximum atomic E-state index is 12.1. The lowest BCUT2D eigenvalue weighted by atomic mass is 9.97. The Balaban J connectivity index is 2.57. The summed E-state index contributed by atoms with van der Waals surface area (Å²) in [5.41, 5.74) is 3.15. The SMILES string of the molecule is Cc1cc(C(C)C)ccc1C(=O)NCCCC(C)C. The minimum Gasteiger partial charge on any atom is -0.352 e. The number of benzene rings is 1. The predicted molar refractivity (Wildman–Crippen MR) is 81.7 cm³/mol. The zero-order valence-electron chi connectivity index (χ0n) is 12.9. The van der Waals surface area contributed by atoms with Crippen molar-refractivity contribution in [3.05, 3.63) is 34.9 Å². The molecule has 0 heterocycles. The molecule has 0 spiro atoms. The van der Waals surface area contributed by atoms with Crippen LogP contribution >= 0.6 is 0 Å². The molecule has 106 valence electrons. The van der Waals surface area contributed by atoms with Gasteiger partial charge in [-0.3, -0.25) is 4.79 Å². The molecule has 0 saturated carbocycles. The molecule has 1 amide bonds. The van der Waals surface area contributed by atoms with Gasteiger partial charge in [-0.15, -0.1) is 0 Å². The molecule has 0 saturated heterocycles. The van der Waals surface area contributed by atoms with Crippen LogP contribution in [0.3, 0.4) is 0 Å². The van der Waals surface area contributed by atoms with Gasteiger partial charge in [-0.2, -0.15) is 0 Å². The van der Waals surface area contributed by atoms with Crippen molar-refractivity contribution in [2.75, 3.05) is 6.54 Å². The van der Waals surface area contributed by atoms with Crippen LogP contribution < -0.4 is 5.32 Å². The summed E-state index contributed by atoms with van der Waals surface area (Å²) in [6.07, 6.45) is 2.21. The largest absolute Gasteiger partial charge is 0.352 e. The molecule has 0 atom stereocenters. The third kappa shape index (κ3) is 5.06. The van der Waals surface area contributed by atoms with Crippen LogP contribution in [0.25, 0.3) is 0 Å². The average molecular weight is 261 g/mol. The van der Waals surface area contributed by atoms with E-state index in [2.05, 4.69) is 45.1 Å². The van der Waals surface area contributed by atoms with Crippen LogP contribution in [0.5, 0.6) is 0 Å². The summed E-state index contributed by atoms with van der Waals surface area (Å²) < 4.78 is 0. The molecular weight excluding hydrogens is 234 g/mol. The molecule has 0 aliphatic carbocycles. The lowest BCUT2D eigenvalue weighted by Crippen LogP contribution is -2.25. The lowest BCUT2D eigenvalue weighted by Gasteiger charge is -2.11. The Morgan fingerprint density at radius 3 is 2.42 bits per heavy atom. The quantitative estimate of drug-likeness (QED) is 0.761. The van der Waals surface area contributed by atoms with Crippen molar-refractivity contribution in [3.8, 4) is 0 Å². The molecular formula is C17H27NO. The van der Waals surface area contributed by atoms with Crippen LogP contribution in [-0.4, -0.2) is 12.5 Å². The fraction of sp³-hybridized carbons (Fsp3) is 0.588. The van der Waals surface area contributed by atoms with Gasteiger partial charge in [0.2, 0.25) is 0 Å². The van der Waals surface area contributed by atoms with Crippen LogP contribution in [0.4, 0.5) is 0 Å². The average Bonchev–Trinajstić information content (AvgIpc) is 2.33. The number of amides is 1. The molecule has 0 aliphatic rings. The Kier molecular flexibility index (Phi) is 6.07. The minimum atomic E-state index is 0.0524. The molecule has 0 aromatic heterocycles. The number of carbonyl (C=O) groups excluding carboxylic acids is 1. The maximum absolute atomic E-state index is 12.1. The van der Waals surface area contributed by atoms with Crippen molar-refractivity contribution in [1.82, 2.24) is 5.32 Å². The van der Waals surface area contributed by atoms with Crippen LogP contribution in [0.15, 0.2) is 18.2 Å². The summed E-state index contributed by atoms with van der Waals surface area (Å²) in [7, 11) is 0. The lowest BCUT2D eigenvalue weighted by molar-refractivity contribution is 0.0952. The number of hydrogen-bond donors (Lipinski definition) is 1. The molecule has 1 aromatic carbocycles. The second kappa shape index (κ2) is 7.32. The van der Waals surface area contributed by atoms with Crippen LogP contribution in [0, 0.1) is 12.8 Å². The molecule has 2 nitrogen and oxygen atoms in total. The molecule has 1 rings (SSSR count). The number of carbonyl (C=O) groups is 1. The summed E-state index contributed by atoms with van der Waals surface area (Å²) in [4.78, 5) is 12.1. The topological polar surface area (TPSA) is 29.1 Å². The highest BCUT2D eigenvalue weighted by molar-refractivity contribution is 5.95. The Morgan fingerprint density at radius 1 is 1.21 bits per heavy atom. The van der Waals surface area contributed by atoms with Crippen molar-refractivity contribution in [1.29, 1.82) is 0 Å². The standard InChI is InChI=1S/C17H27NO/c1-12(2)7-6-10-18-17(19)16-9-8-15(13(3)4)11-14(16)5/h8-9,11-13H,6-7,10H2,1-5H3,(H,18,19). The van der Waals surface area contributed by atoms with Gasteiger partial charge in [-0.25, -0.2) is 0 Å². The summed E-state index contributed by atoms with van der Waals surface area (Å²) in [5, 5.41) is 3.00. The first kappa shape index (κ1) is 15.7. The van der Waals surface area contributed by atoms with Crippen molar-refractivity contribution in [3.63, 3.8) is 0 Å². The van der Waals surface area contributed by atoms with Crippen LogP contribution in [-0.2, 0) is 0 Å².